The highest BCUT2D eigenvalue weighted by molar-refractivity contribution is 6.11. The van der Waals surface area contributed by atoms with E-state index >= 15 is 0 Å². The van der Waals surface area contributed by atoms with Crippen molar-refractivity contribution in [1.29, 1.82) is 0 Å². The van der Waals surface area contributed by atoms with Crippen molar-refractivity contribution >= 4 is 29.3 Å². The van der Waals surface area contributed by atoms with E-state index in [1.54, 1.807) is 17.9 Å². The molecule has 0 spiro atoms. The molecule has 2 aliphatic rings. The average molecular weight is 360 g/mol. The Labute approximate surface area is 152 Å². The first-order valence-electron chi connectivity index (χ1n) is 8.87. The summed E-state index contributed by atoms with van der Waals surface area (Å²) in [4.78, 5) is 42.0. The topological polar surface area (TPSA) is 82.2 Å². The number of carbonyl (C=O) groups excluding carboxylic acids is 3. The van der Waals surface area contributed by atoms with Gasteiger partial charge in [0.15, 0.2) is 0 Å². The maximum absolute atomic E-state index is 13.0. The quantitative estimate of drug-likeness (QED) is 0.874. The number of fused-ring (bicyclic) bond motifs is 1. The zero-order valence-corrected chi connectivity index (χ0v) is 15.1. The van der Waals surface area contributed by atoms with Crippen LogP contribution < -0.4 is 10.2 Å². The van der Waals surface area contributed by atoms with E-state index in [-0.39, 0.29) is 30.5 Å². The molecular weight excluding hydrogens is 336 g/mol. The number of carbonyl (C=O) groups is 3. The Hall–Kier alpha value is -2.61. The van der Waals surface area contributed by atoms with Gasteiger partial charge in [0, 0.05) is 26.2 Å². The molecule has 1 aromatic carbocycles. The third-order valence-corrected chi connectivity index (χ3v) is 4.78. The monoisotopic (exact) mass is 360 g/mol. The lowest BCUT2D eigenvalue weighted by atomic mass is 10.1. The predicted octanol–water partition coefficient (Wildman–Crippen LogP) is 1.13. The molecular formula is C18H24N4O4. The van der Waals surface area contributed by atoms with Crippen molar-refractivity contribution in [3.63, 3.8) is 0 Å². The van der Waals surface area contributed by atoms with E-state index in [0.29, 0.717) is 44.2 Å². The maximum atomic E-state index is 13.0. The van der Waals surface area contributed by atoms with E-state index < -0.39 is 0 Å². The summed E-state index contributed by atoms with van der Waals surface area (Å²) < 4.78 is 5.02. The lowest BCUT2D eigenvalue weighted by molar-refractivity contribution is -0.125. The van der Waals surface area contributed by atoms with Gasteiger partial charge < -0.3 is 15.0 Å². The van der Waals surface area contributed by atoms with Crippen molar-refractivity contribution in [3.05, 3.63) is 24.3 Å². The van der Waals surface area contributed by atoms with Crippen molar-refractivity contribution in [2.75, 3.05) is 49.5 Å². The molecule has 1 atom stereocenters. The summed E-state index contributed by atoms with van der Waals surface area (Å²) in [7, 11) is 0. The minimum atomic E-state index is -0.377. The molecule has 0 radical (unpaired) electrons. The predicted molar refractivity (Wildman–Crippen MR) is 97.1 cm³/mol. The summed E-state index contributed by atoms with van der Waals surface area (Å²) in [5.41, 5.74) is 1.37. The van der Waals surface area contributed by atoms with Crippen LogP contribution >= 0.6 is 0 Å². The molecule has 0 bridgehead atoms. The number of rotatable bonds is 3. The Morgan fingerprint density at radius 1 is 1.19 bits per heavy atom. The van der Waals surface area contributed by atoms with Gasteiger partial charge in [-0.05, 0) is 26.0 Å². The van der Waals surface area contributed by atoms with Crippen LogP contribution in [0.5, 0.6) is 0 Å². The van der Waals surface area contributed by atoms with Gasteiger partial charge in [-0.3, -0.25) is 19.4 Å². The number of hydrogen-bond donors (Lipinski definition) is 1. The molecule has 0 aliphatic carbocycles. The Kier molecular flexibility index (Phi) is 5.41. The van der Waals surface area contributed by atoms with Crippen molar-refractivity contribution in [2.24, 2.45) is 0 Å². The number of piperazine rings is 1. The van der Waals surface area contributed by atoms with E-state index in [1.165, 1.54) is 4.90 Å². The Bertz CT molecular complexity index is 700. The first-order chi connectivity index (χ1) is 12.5. The molecule has 3 amide bonds. The first kappa shape index (κ1) is 18.2. The molecule has 0 aromatic heterocycles. The fraction of sp³-hybridized carbons (Fsp3) is 0.500. The summed E-state index contributed by atoms with van der Waals surface area (Å²) in [6.45, 7) is 6.22. The Morgan fingerprint density at radius 3 is 2.58 bits per heavy atom. The van der Waals surface area contributed by atoms with E-state index in [4.69, 9.17) is 4.74 Å². The van der Waals surface area contributed by atoms with Gasteiger partial charge in [0.05, 0.1) is 24.0 Å². The second-order valence-corrected chi connectivity index (χ2v) is 6.39. The second kappa shape index (κ2) is 7.74. The highest BCUT2D eigenvalue weighted by atomic mass is 16.6. The van der Waals surface area contributed by atoms with Gasteiger partial charge in [0.1, 0.15) is 6.54 Å². The molecule has 0 unspecified atom stereocenters. The first-order valence-corrected chi connectivity index (χ1v) is 8.87. The van der Waals surface area contributed by atoms with Gasteiger partial charge in [-0.25, -0.2) is 4.79 Å². The molecule has 8 heteroatoms. The fourth-order valence-electron chi connectivity index (χ4n) is 3.32. The summed E-state index contributed by atoms with van der Waals surface area (Å²) in [6, 6.07) is 6.91. The van der Waals surface area contributed by atoms with Gasteiger partial charge in [0.2, 0.25) is 11.8 Å². The highest BCUT2D eigenvalue weighted by Crippen LogP contribution is 2.29. The van der Waals surface area contributed by atoms with E-state index in [0.717, 1.165) is 0 Å². The number of para-hydroxylation sites is 2. The van der Waals surface area contributed by atoms with Gasteiger partial charge in [-0.2, -0.15) is 0 Å². The van der Waals surface area contributed by atoms with E-state index in [9.17, 15) is 14.4 Å². The fourth-order valence-corrected chi connectivity index (χ4v) is 3.32. The molecule has 1 aromatic rings. The van der Waals surface area contributed by atoms with E-state index in [2.05, 4.69) is 5.32 Å². The standard InChI is InChI=1S/C18H24N4O4/c1-3-26-18(25)21-10-8-20(9-11-21)13(2)17(24)22-12-16(23)19-14-6-4-5-7-15(14)22/h4-7,13H,3,8-12H2,1-2H3,(H,19,23)/t13-/m1/s1. The zero-order valence-electron chi connectivity index (χ0n) is 15.1. The Balaban J connectivity index is 1.66. The number of hydrogen-bond acceptors (Lipinski definition) is 5. The van der Waals surface area contributed by atoms with Gasteiger partial charge in [-0.1, -0.05) is 12.1 Å². The minimum absolute atomic E-state index is 0.0168. The SMILES string of the molecule is CCOC(=O)N1CCN([C@H](C)C(=O)N2CC(=O)Nc3ccccc32)CC1. The highest BCUT2D eigenvalue weighted by Gasteiger charge is 2.34. The summed E-state index contributed by atoms with van der Waals surface area (Å²) in [5.74, 6) is -0.312. The van der Waals surface area contributed by atoms with E-state index in [1.807, 2.05) is 30.0 Å². The molecule has 1 fully saturated rings. The molecule has 8 nitrogen and oxygen atoms in total. The normalized spacial score (nSPS) is 18.8. The van der Waals surface area contributed by atoms with Crippen LogP contribution in [0.2, 0.25) is 0 Å². The minimum Gasteiger partial charge on any atom is -0.450 e. The second-order valence-electron chi connectivity index (χ2n) is 6.39. The van der Waals surface area contributed by atoms with Crippen LogP contribution in [-0.4, -0.2) is 73.1 Å². The number of anilines is 2. The molecule has 2 aliphatic heterocycles. The largest absolute Gasteiger partial charge is 0.450 e. The number of ether oxygens (including phenoxy) is 1. The zero-order chi connectivity index (χ0) is 18.7. The molecule has 3 rings (SSSR count). The van der Waals surface area contributed by atoms with Gasteiger partial charge in [-0.15, -0.1) is 0 Å². The lowest BCUT2D eigenvalue weighted by Gasteiger charge is -2.39. The van der Waals surface area contributed by atoms with Crippen LogP contribution in [-0.2, 0) is 14.3 Å². The van der Waals surface area contributed by atoms with Crippen LogP contribution in [0.25, 0.3) is 0 Å². The third kappa shape index (κ3) is 3.65. The molecule has 140 valence electrons. The Morgan fingerprint density at radius 2 is 1.88 bits per heavy atom. The van der Waals surface area contributed by atoms with Crippen molar-refractivity contribution < 1.29 is 19.1 Å². The van der Waals surface area contributed by atoms with Crippen LogP contribution in [0.1, 0.15) is 13.8 Å². The van der Waals surface area contributed by atoms with Crippen molar-refractivity contribution in [2.45, 2.75) is 19.9 Å². The summed E-state index contributed by atoms with van der Waals surface area (Å²) in [5, 5.41) is 2.79. The summed E-state index contributed by atoms with van der Waals surface area (Å²) >= 11 is 0. The van der Waals surface area contributed by atoms with Gasteiger partial charge in [0.25, 0.3) is 0 Å². The van der Waals surface area contributed by atoms with Crippen LogP contribution in [0.3, 0.4) is 0 Å². The summed E-state index contributed by atoms with van der Waals surface area (Å²) in [6.07, 6.45) is -0.312. The maximum Gasteiger partial charge on any atom is 0.409 e. The lowest BCUT2D eigenvalue weighted by Crippen LogP contribution is -2.57. The average Bonchev–Trinajstić information content (AvgIpc) is 2.66. The molecule has 0 saturated carbocycles. The molecule has 1 N–H and O–H groups in total. The van der Waals surface area contributed by atoms with Crippen LogP contribution in [0.15, 0.2) is 24.3 Å². The molecule has 26 heavy (non-hydrogen) atoms. The van der Waals surface area contributed by atoms with Crippen molar-refractivity contribution in [3.8, 4) is 0 Å². The van der Waals surface area contributed by atoms with Crippen LogP contribution in [0, 0.1) is 0 Å². The van der Waals surface area contributed by atoms with Gasteiger partial charge >= 0.3 is 6.09 Å². The number of benzene rings is 1. The number of nitrogens with zero attached hydrogens (tertiary/aromatic N) is 3. The number of nitrogens with one attached hydrogen (secondary N) is 1. The third-order valence-electron chi connectivity index (χ3n) is 4.78. The smallest absolute Gasteiger partial charge is 0.409 e. The van der Waals surface area contributed by atoms with Crippen LogP contribution in [0.4, 0.5) is 16.2 Å². The number of amides is 3. The molecule has 2 heterocycles. The molecule has 1 saturated heterocycles. The van der Waals surface area contributed by atoms with Crippen molar-refractivity contribution in [1.82, 2.24) is 9.80 Å².